The summed E-state index contributed by atoms with van der Waals surface area (Å²) in [5.41, 5.74) is 6.28. The lowest BCUT2D eigenvalue weighted by atomic mass is 10.3. The second kappa shape index (κ2) is 5.44. The molecule has 110 valence electrons. The zero-order chi connectivity index (χ0) is 14.9. The van der Waals surface area contributed by atoms with E-state index in [1.165, 1.54) is 8.99 Å². The van der Waals surface area contributed by atoms with Gasteiger partial charge in [-0.05, 0) is 6.92 Å². The number of anilines is 1. The standard InChI is InChI=1S/C12H19N5O2S/c1-4-5-16-6-8-17(9-7-16)20(18,19)11-10(2)15(3)14-12(11)13/h1H,5-9H2,2-3H3,(H2,13,14). The highest BCUT2D eigenvalue weighted by molar-refractivity contribution is 7.89. The van der Waals surface area contributed by atoms with Gasteiger partial charge in [0.05, 0.1) is 12.2 Å². The van der Waals surface area contributed by atoms with Crippen LogP contribution in [0.2, 0.25) is 0 Å². The average Bonchev–Trinajstić information content (AvgIpc) is 2.64. The van der Waals surface area contributed by atoms with Crippen LogP contribution in [-0.2, 0) is 17.1 Å². The van der Waals surface area contributed by atoms with Gasteiger partial charge in [0.1, 0.15) is 4.90 Å². The van der Waals surface area contributed by atoms with Crippen molar-refractivity contribution in [3.8, 4) is 12.3 Å². The number of aryl methyl sites for hydroxylation is 1. The minimum atomic E-state index is -3.59. The van der Waals surface area contributed by atoms with Crippen LogP contribution in [-0.4, -0.2) is 60.1 Å². The molecule has 0 spiro atoms. The highest BCUT2D eigenvalue weighted by atomic mass is 32.2. The van der Waals surface area contributed by atoms with Gasteiger partial charge in [-0.25, -0.2) is 8.42 Å². The number of rotatable bonds is 3. The molecule has 0 amide bonds. The topological polar surface area (TPSA) is 84.5 Å². The van der Waals surface area contributed by atoms with Gasteiger partial charge in [0.25, 0.3) is 0 Å². The lowest BCUT2D eigenvalue weighted by Gasteiger charge is -2.32. The quantitative estimate of drug-likeness (QED) is 0.742. The van der Waals surface area contributed by atoms with Gasteiger partial charge in [0.15, 0.2) is 5.82 Å². The van der Waals surface area contributed by atoms with E-state index in [0.29, 0.717) is 38.4 Å². The van der Waals surface area contributed by atoms with E-state index in [2.05, 4.69) is 11.0 Å². The van der Waals surface area contributed by atoms with Gasteiger partial charge < -0.3 is 5.73 Å². The first-order valence-electron chi connectivity index (χ1n) is 6.33. The van der Waals surface area contributed by atoms with Crippen LogP contribution in [0.4, 0.5) is 5.82 Å². The van der Waals surface area contributed by atoms with Crippen molar-refractivity contribution in [3.63, 3.8) is 0 Å². The van der Waals surface area contributed by atoms with E-state index in [1.807, 2.05) is 4.90 Å². The zero-order valence-electron chi connectivity index (χ0n) is 11.7. The van der Waals surface area contributed by atoms with E-state index in [-0.39, 0.29) is 10.7 Å². The molecule has 2 heterocycles. The SMILES string of the molecule is C#CCN1CCN(S(=O)(=O)c2c(N)nn(C)c2C)CC1. The van der Waals surface area contributed by atoms with E-state index in [4.69, 9.17) is 12.2 Å². The summed E-state index contributed by atoms with van der Waals surface area (Å²) in [6, 6.07) is 0. The van der Waals surface area contributed by atoms with Crippen LogP contribution in [0.3, 0.4) is 0 Å². The predicted molar refractivity (Wildman–Crippen MR) is 76.4 cm³/mol. The number of sulfonamides is 1. The molecule has 0 aliphatic carbocycles. The van der Waals surface area contributed by atoms with Crippen molar-refractivity contribution in [1.29, 1.82) is 0 Å². The van der Waals surface area contributed by atoms with Gasteiger partial charge in [0.2, 0.25) is 10.0 Å². The number of nitrogens with zero attached hydrogens (tertiary/aromatic N) is 4. The second-order valence-electron chi connectivity index (χ2n) is 4.81. The molecule has 0 bridgehead atoms. The first-order valence-corrected chi connectivity index (χ1v) is 7.77. The molecule has 1 fully saturated rings. The normalized spacial score (nSPS) is 18.1. The molecular formula is C12H19N5O2S. The van der Waals surface area contributed by atoms with Crippen molar-refractivity contribution in [2.75, 3.05) is 38.5 Å². The zero-order valence-corrected chi connectivity index (χ0v) is 12.5. The molecule has 0 radical (unpaired) electrons. The van der Waals surface area contributed by atoms with Crippen LogP contribution < -0.4 is 5.73 Å². The highest BCUT2D eigenvalue weighted by Crippen LogP contribution is 2.25. The second-order valence-corrected chi connectivity index (χ2v) is 6.68. The molecule has 2 rings (SSSR count). The average molecular weight is 297 g/mol. The third-order valence-corrected chi connectivity index (χ3v) is 5.61. The van der Waals surface area contributed by atoms with Crippen molar-refractivity contribution in [1.82, 2.24) is 19.0 Å². The van der Waals surface area contributed by atoms with Gasteiger partial charge in [-0.15, -0.1) is 6.42 Å². The minimum Gasteiger partial charge on any atom is -0.381 e. The monoisotopic (exact) mass is 297 g/mol. The Morgan fingerprint density at radius 1 is 1.35 bits per heavy atom. The molecule has 7 nitrogen and oxygen atoms in total. The number of hydrogen-bond acceptors (Lipinski definition) is 5. The molecule has 1 aromatic rings. The van der Waals surface area contributed by atoms with Crippen molar-refractivity contribution in [2.45, 2.75) is 11.8 Å². The third-order valence-electron chi connectivity index (χ3n) is 3.55. The number of hydrogen-bond donors (Lipinski definition) is 1. The molecule has 0 unspecified atom stereocenters. The molecule has 2 N–H and O–H groups in total. The van der Waals surface area contributed by atoms with Gasteiger partial charge in [0, 0.05) is 33.2 Å². The van der Waals surface area contributed by atoms with Crippen molar-refractivity contribution < 1.29 is 8.42 Å². The Kier molecular flexibility index (Phi) is 4.04. The largest absolute Gasteiger partial charge is 0.381 e. The van der Waals surface area contributed by atoms with Crippen molar-refractivity contribution >= 4 is 15.8 Å². The Labute approximate surface area is 119 Å². The summed E-state index contributed by atoms with van der Waals surface area (Å²) in [5.74, 6) is 2.62. The van der Waals surface area contributed by atoms with Crippen LogP contribution in [0.5, 0.6) is 0 Å². The predicted octanol–water partition coefficient (Wildman–Crippen LogP) is -0.750. The summed E-state index contributed by atoms with van der Waals surface area (Å²) in [5, 5.41) is 3.97. The summed E-state index contributed by atoms with van der Waals surface area (Å²) < 4.78 is 28.2. The maximum absolute atomic E-state index is 12.6. The Hall–Kier alpha value is -1.56. The summed E-state index contributed by atoms with van der Waals surface area (Å²) in [6.45, 7) is 4.33. The first-order chi connectivity index (χ1) is 9.37. The lowest BCUT2D eigenvalue weighted by Crippen LogP contribution is -2.48. The van der Waals surface area contributed by atoms with Gasteiger partial charge >= 0.3 is 0 Å². The smallest absolute Gasteiger partial charge is 0.248 e. The number of nitrogen functional groups attached to an aromatic ring is 1. The Morgan fingerprint density at radius 3 is 2.40 bits per heavy atom. The summed E-state index contributed by atoms with van der Waals surface area (Å²) in [6.07, 6.45) is 5.26. The van der Waals surface area contributed by atoms with Gasteiger partial charge in [-0.2, -0.15) is 9.40 Å². The maximum atomic E-state index is 12.6. The summed E-state index contributed by atoms with van der Waals surface area (Å²) in [7, 11) is -1.92. The Morgan fingerprint density at radius 2 is 1.95 bits per heavy atom. The van der Waals surface area contributed by atoms with Crippen LogP contribution in [0.1, 0.15) is 5.69 Å². The molecule has 0 aromatic carbocycles. The highest BCUT2D eigenvalue weighted by Gasteiger charge is 2.33. The maximum Gasteiger partial charge on any atom is 0.248 e. The summed E-state index contributed by atoms with van der Waals surface area (Å²) >= 11 is 0. The molecule has 1 aliphatic heterocycles. The lowest BCUT2D eigenvalue weighted by molar-refractivity contribution is 0.207. The molecule has 0 atom stereocenters. The van der Waals surface area contributed by atoms with Crippen LogP contribution in [0.25, 0.3) is 0 Å². The van der Waals surface area contributed by atoms with E-state index in [0.717, 1.165) is 0 Å². The van der Waals surface area contributed by atoms with E-state index >= 15 is 0 Å². The minimum absolute atomic E-state index is 0.0519. The van der Waals surface area contributed by atoms with Gasteiger partial charge in [-0.3, -0.25) is 9.58 Å². The van der Waals surface area contributed by atoms with E-state index in [9.17, 15) is 8.42 Å². The Balaban J connectivity index is 2.23. The number of piperazine rings is 1. The van der Waals surface area contributed by atoms with Crippen molar-refractivity contribution in [3.05, 3.63) is 5.69 Å². The van der Waals surface area contributed by atoms with E-state index < -0.39 is 10.0 Å². The van der Waals surface area contributed by atoms with Crippen LogP contribution in [0, 0.1) is 19.3 Å². The fraction of sp³-hybridized carbons (Fsp3) is 0.583. The molecule has 1 aliphatic rings. The molecule has 1 aromatic heterocycles. The van der Waals surface area contributed by atoms with Crippen molar-refractivity contribution in [2.24, 2.45) is 7.05 Å². The number of aromatic nitrogens is 2. The van der Waals surface area contributed by atoms with Gasteiger partial charge in [-0.1, -0.05) is 5.92 Å². The van der Waals surface area contributed by atoms with Crippen LogP contribution >= 0.6 is 0 Å². The first kappa shape index (κ1) is 14.8. The Bertz CT molecular complexity index is 636. The van der Waals surface area contributed by atoms with Crippen LogP contribution in [0.15, 0.2) is 4.90 Å². The molecular weight excluding hydrogens is 278 g/mol. The fourth-order valence-corrected chi connectivity index (χ4v) is 4.03. The molecule has 8 heteroatoms. The molecule has 1 saturated heterocycles. The van der Waals surface area contributed by atoms with E-state index in [1.54, 1.807) is 14.0 Å². The third kappa shape index (κ3) is 2.52. The molecule has 0 saturated carbocycles. The number of nitrogens with two attached hydrogens (primary N) is 1. The number of terminal acetylenes is 1. The molecule has 20 heavy (non-hydrogen) atoms. The summed E-state index contributed by atoms with van der Waals surface area (Å²) in [4.78, 5) is 2.16. The fourth-order valence-electron chi connectivity index (χ4n) is 2.32.